The van der Waals surface area contributed by atoms with Crippen LogP contribution in [0, 0.1) is 0 Å². The van der Waals surface area contributed by atoms with Gasteiger partial charge in [-0.2, -0.15) is 0 Å². The number of fused-ring (bicyclic) bond motifs is 7. The van der Waals surface area contributed by atoms with Crippen molar-refractivity contribution in [1.29, 1.82) is 0 Å². The standard InChI is InChI=1S/C46H29NOS/c1-2-11-31(12-3-1)37-18-9-19-40-41-20-10-21-42(46(41)48-45(37)40)47(34-27-28-39-38-16-6-7-22-43(38)49-44(39)29-34)33-25-23-32(24-26-33)36-17-8-14-30-13-4-5-15-35(30)36/h1-29H. The Morgan fingerprint density at radius 1 is 0.388 bits per heavy atom. The molecule has 10 aromatic rings. The van der Waals surface area contributed by atoms with Crippen molar-refractivity contribution >= 4 is 81.3 Å². The number of furan rings is 1. The highest BCUT2D eigenvalue weighted by Crippen LogP contribution is 2.46. The maximum absolute atomic E-state index is 6.93. The molecule has 0 radical (unpaired) electrons. The van der Waals surface area contributed by atoms with E-state index in [0.29, 0.717) is 0 Å². The molecule has 0 bridgehead atoms. The Kier molecular flexibility index (Phi) is 6.39. The first-order chi connectivity index (χ1) is 24.3. The highest BCUT2D eigenvalue weighted by atomic mass is 32.1. The van der Waals surface area contributed by atoms with Gasteiger partial charge in [-0.3, -0.25) is 0 Å². The third kappa shape index (κ3) is 4.55. The van der Waals surface area contributed by atoms with E-state index in [2.05, 4.69) is 181 Å². The molecule has 0 saturated carbocycles. The van der Waals surface area contributed by atoms with Crippen LogP contribution in [-0.2, 0) is 0 Å². The van der Waals surface area contributed by atoms with Gasteiger partial charge >= 0.3 is 0 Å². The number of nitrogens with zero attached hydrogens (tertiary/aromatic N) is 1. The quantitative estimate of drug-likeness (QED) is 0.186. The molecular formula is C46H29NOS. The van der Waals surface area contributed by atoms with Gasteiger partial charge in [0.2, 0.25) is 0 Å². The Morgan fingerprint density at radius 3 is 1.88 bits per heavy atom. The highest BCUT2D eigenvalue weighted by Gasteiger charge is 2.21. The monoisotopic (exact) mass is 643 g/mol. The van der Waals surface area contributed by atoms with Gasteiger partial charge in [0, 0.05) is 47.9 Å². The van der Waals surface area contributed by atoms with Crippen LogP contribution in [0.5, 0.6) is 0 Å². The average Bonchev–Trinajstić information content (AvgIpc) is 3.74. The van der Waals surface area contributed by atoms with Gasteiger partial charge in [0.15, 0.2) is 5.58 Å². The SMILES string of the molecule is c1ccc(-c2cccc3c2oc2c(N(c4ccc(-c5cccc6ccccc56)cc4)c4ccc5c(c4)sc4ccccc45)cccc23)cc1. The molecular weight excluding hydrogens is 615 g/mol. The number of hydrogen-bond acceptors (Lipinski definition) is 3. The van der Waals surface area contributed by atoms with Crippen molar-refractivity contribution in [2.24, 2.45) is 0 Å². The minimum Gasteiger partial charge on any atom is -0.453 e. The van der Waals surface area contributed by atoms with Crippen LogP contribution in [0.3, 0.4) is 0 Å². The predicted molar refractivity (Wildman–Crippen MR) is 210 cm³/mol. The number of para-hydroxylation sites is 2. The molecule has 0 atom stereocenters. The maximum Gasteiger partial charge on any atom is 0.159 e. The second kappa shape index (κ2) is 11.2. The lowest BCUT2D eigenvalue weighted by atomic mass is 9.98. The van der Waals surface area contributed by atoms with Gasteiger partial charge in [0.25, 0.3) is 0 Å². The molecule has 0 aliphatic rings. The Hall–Kier alpha value is -6.16. The molecule has 0 unspecified atom stereocenters. The summed E-state index contributed by atoms with van der Waals surface area (Å²) in [5.74, 6) is 0. The normalized spacial score (nSPS) is 11.7. The predicted octanol–water partition coefficient (Wildman–Crippen LogP) is 13.9. The molecule has 0 amide bonds. The zero-order valence-electron chi connectivity index (χ0n) is 26.5. The molecule has 0 fully saturated rings. The molecule has 0 saturated heterocycles. The number of rotatable bonds is 5. The lowest BCUT2D eigenvalue weighted by molar-refractivity contribution is 0.670. The largest absolute Gasteiger partial charge is 0.453 e. The maximum atomic E-state index is 6.93. The lowest BCUT2D eigenvalue weighted by Crippen LogP contribution is -2.10. The van der Waals surface area contributed by atoms with Crippen molar-refractivity contribution in [3.8, 4) is 22.3 Å². The molecule has 230 valence electrons. The van der Waals surface area contributed by atoms with Crippen molar-refractivity contribution in [2.45, 2.75) is 0 Å². The van der Waals surface area contributed by atoms with E-state index in [4.69, 9.17) is 4.42 Å². The molecule has 2 heterocycles. The Bertz CT molecular complexity index is 2820. The zero-order valence-corrected chi connectivity index (χ0v) is 27.3. The van der Waals surface area contributed by atoms with Gasteiger partial charge in [-0.25, -0.2) is 0 Å². The summed E-state index contributed by atoms with van der Waals surface area (Å²) in [6.07, 6.45) is 0. The van der Waals surface area contributed by atoms with Crippen molar-refractivity contribution in [3.05, 3.63) is 176 Å². The molecule has 0 N–H and O–H groups in total. The molecule has 0 aliphatic carbocycles. The van der Waals surface area contributed by atoms with Crippen LogP contribution < -0.4 is 4.90 Å². The van der Waals surface area contributed by atoms with Crippen molar-refractivity contribution in [3.63, 3.8) is 0 Å². The average molecular weight is 644 g/mol. The summed E-state index contributed by atoms with van der Waals surface area (Å²) in [4.78, 5) is 2.35. The first-order valence-electron chi connectivity index (χ1n) is 16.6. The van der Waals surface area contributed by atoms with E-state index in [-0.39, 0.29) is 0 Å². The van der Waals surface area contributed by atoms with Crippen molar-refractivity contribution in [2.75, 3.05) is 4.90 Å². The van der Waals surface area contributed by atoms with Crippen molar-refractivity contribution < 1.29 is 4.42 Å². The van der Waals surface area contributed by atoms with Gasteiger partial charge in [-0.1, -0.05) is 140 Å². The van der Waals surface area contributed by atoms with Crippen molar-refractivity contribution in [1.82, 2.24) is 0 Å². The minimum atomic E-state index is 0.871. The summed E-state index contributed by atoms with van der Waals surface area (Å²) in [6, 6.07) is 63.1. The van der Waals surface area contributed by atoms with Crippen LogP contribution in [0.1, 0.15) is 0 Å². The molecule has 49 heavy (non-hydrogen) atoms. The molecule has 0 spiro atoms. The summed E-state index contributed by atoms with van der Waals surface area (Å²) in [5, 5.41) is 7.30. The van der Waals surface area contributed by atoms with E-state index in [1.807, 2.05) is 11.3 Å². The minimum absolute atomic E-state index is 0.871. The van der Waals surface area contributed by atoms with E-state index in [1.54, 1.807) is 0 Å². The van der Waals surface area contributed by atoms with Crippen LogP contribution in [0.25, 0.3) is 75.1 Å². The molecule has 2 aromatic heterocycles. The third-order valence-electron chi connectivity index (χ3n) is 9.68. The van der Waals surface area contributed by atoms with E-state index in [1.165, 1.54) is 42.1 Å². The molecule has 2 nitrogen and oxygen atoms in total. The van der Waals surface area contributed by atoms with Crippen LogP contribution in [0.2, 0.25) is 0 Å². The summed E-state index contributed by atoms with van der Waals surface area (Å²) in [6.45, 7) is 0. The van der Waals surface area contributed by atoms with Gasteiger partial charge < -0.3 is 9.32 Å². The van der Waals surface area contributed by atoms with E-state index < -0.39 is 0 Å². The number of hydrogen-bond donors (Lipinski definition) is 0. The number of thiophene rings is 1. The summed E-state index contributed by atoms with van der Waals surface area (Å²) < 4.78 is 9.49. The van der Waals surface area contributed by atoms with E-state index >= 15 is 0 Å². The first kappa shape index (κ1) is 27.9. The van der Waals surface area contributed by atoms with Crippen LogP contribution in [-0.4, -0.2) is 0 Å². The Labute approximate surface area is 287 Å². The van der Waals surface area contributed by atoms with Gasteiger partial charge in [0.1, 0.15) is 5.58 Å². The Morgan fingerprint density at radius 2 is 1.00 bits per heavy atom. The fourth-order valence-electron chi connectivity index (χ4n) is 7.37. The molecule has 10 rings (SSSR count). The summed E-state index contributed by atoms with van der Waals surface area (Å²) >= 11 is 1.84. The second-order valence-electron chi connectivity index (χ2n) is 12.5. The van der Waals surface area contributed by atoms with Gasteiger partial charge in [0.05, 0.1) is 5.69 Å². The van der Waals surface area contributed by atoms with E-state index in [9.17, 15) is 0 Å². The van der Waals surface area contributed by atoms with E-state index in [0.717, 1.165) is 50.1 Å². The highest BCUT2D eigenvalue weighted by molar-refractivity contribution is 7.25. The zero-order chi connectivity index (χ0) is 32.3. The second-order valence-corrected chi connectivity index (χ2v) is 13.6. The van der Waals surface area contributed by atoms with Gasteiger partial charge in [-0.15, -0.1) is 11.3 Å². The lowest BCUT2D eigenvalue weighted by Gasteiger charge is -2.26. The third-order valence-corrected chi connectivity index (χ3v) is 10.8. The smallest absolute Gasteiger partial charge is 0.159 e. The molecule has 3 heteroatoms. The summed E-state index contributed by atoms with van der Waals surface area (Å²) in [5.41, 5.74) is 9.60. The summed E-state index contributed by atoms with van der Waals surface area (Å²) in [7, 11) is 0. The number of benzene rings is 8. The molecule has 8 aromatic carbocycles. The van der Waals surface area contributed by atoms with Crippen LogP contribution >= 0.6 is 11.3 Å². The van der Waals surface area contributed by atoms with Crippen LogP contribution in [0.15, 0.2) is 180 Å². The first-order valence-corrected chi connectivity index (χ1v) is 17.4. The topological polar surface area (TPSA) is 16.4 Å². The number of anilines is 3. The fraction of sp³-hybridized carbons (Fsp3) is 0. The molecule has 0 aliphatic heterocycles. The van der Waals surface area contributed by atoms with Crippen LogP contribution in [0.4, 0.5) is 17.1 Å². The fourth-order valence-corrected chi connectivity index (χ4v) is 8.51. The van der Waals surface area contributed by atoms with Gasteiger partial charge in [-0.05, 0) is 63.9 Å². The Balaban J connectivity index is 1.19.